The number of amides is 1. The number of hydrogen-bond acceptors (Lipinski definition) is 3. The van der Waals surface area contributed by atoms with Gasteiger partial charge in [0.15, 0.2) is 0 Å². The van der Waals surface area contributed by atoms with Gasteiger partial charge in [-0.1, -0.05) is 29.8 Å². The van der Waals surface area contributed by atoms with E-state index < -0.39 is 0 Å². The van der Waals surface area contributed by atoms with E-state index in [0.717, 1.165) is 28.3 Å². The second kappa shape index (κ2) is 6.67. The number of fused-ring (bicyclic) bond motifs is 1. The van der Waals surface area contributed by atoms with Crippen molar-refractivity contribution in [2.45, 2.75) is 19.4 Å². The monoisotopic (exact) mass is 347 g/mol. The Labute approximate surface area is 152 Å². The first-order valence-electron chi connectivity index (χ1n) is 8.67. The third-order valence-corrected chi connectivity index (χ3v) is 4.94. The number of nitrogens with zero attached hydrogens (tertiary/aromatic N) is 2. The Kier molecular flexibility index (Phi) is 4.21. The Morgan fingerprint density at radius 1 is 1.15 bits per heavy atom. The van der Waals surface area contributed by atoms with E-state index in [1.54, 1.807) is 13.4 Å². The maximum atomic E-state index is 13.0. The average molecular weight is 347 g/mol. The summed E-state index contributed by atoms with van der Waals surface area (Å²) >= 11 is 0. The van der Waals surface area contributed by atoms with Crippen LogP contribution in [0.2, 0.25) is 0 Å². The van der Waals surface area contributed by atoms with Crippen molar-refractivity contribution in [1.82, 2.24) is 14.9 Å². The SMILES string of the molecule is COc1ccc(C2CN(C(=O)c3ccc(C)cc3)Cc3[nH]cnc32)cc1. The zero-order valence-electron chi connectivity index (χ0n) is 14.9. The quantitative estimate of drug-likeness (QED) is 0.789. The number of rotatable bonds is 3. The van der Waals surface area contributed by atoms with Crippen LogP contribution in [0, 0.1) is 6.92 Å². The number of nitrogens with one attached hydrogen (secondary N) is 1. The summed E-state index contributed by atoms with van der Waals surface area (Å²) < 4.78 is 5.25. The fourth-order valence-corrected chi connectivity index (χ4v) is 3.45. The number of carbonyl (C=O) groups is 1. The molecule has 0 saturated carbocycles. The lowest BCUT2D eigenvalue weighted by molar-refractivity contribution is 0.0722. The number of H-pyrrole nitrogens is 1. The summed E-state index contributed by atoms with van der Waals surface area (Å²) in [5.41, 5.74) is 5.00. The van der Waals surface area contributed by atoms with Crippen molar-refractivity contribution in [3.8, 4) is 5.75 Å². The van der Waals surface area contributed by atoms with Crippen LogP contribution >= 0.6 is 0 Å². The number of imidazole rings is 1. The van der Waals surface area contributed by atoms with Crippen molar-refractivity contribution in [2.24, 2.45) is 0 Å². The van der Waals surface area contributed by atoms with E-state index in [1.807, 2.05) is 60.4 Å². The number of aromatic nitrogens is 2. The van der Waals surface area contributed by atoms with E-state index in [9.17, 15) is 4.79 Å². The van der Waals surface area contributed by atoms with Gasteiger partial charge in [-0.15, -0.1) is 0 Å². The predicted octanol–water partition coefficient (Wildman–Crippen LogP) is 3.51. The molecule has 1 aliphatic heterocycles. The van der Waals surface area contributed by atoms with Crippen molar-refractivity contribution in [2.75, 3.05) is 13.7 Å². The fraction of sp³-hybridized carbons (Fsp3) is 0.238. The second-order valence-corrected chi connectivity index (χ2v) is 6.64. The number of hydrogen-bond donors (Lipinski definition) is 1. The van der Waals surface area contributed by atoms with E-state index in [2.05, 4.69) is 9.97 Å². The van der Waals surface area contributed by atoms with Gasteiger partial charge in [-0.25, -0.2) is 4.98 Å². The van der Waals surface area contributed by atoms with Crippen LogP contribution in [-0.4, -0.2) is 34.4 Å². The first kappa shape index (κ1) is 16.4. The van der Waals surface area contributed by atoms with Crippen molar-refractivity contribution in [3.63, 3.8) is 0 Å². The maximum absolute atomic E-state index is 13.0. The van der Waals surface area contributed by atoms with E-state index in [4.69, 9.17) is 4.74 Å². The molecule has 0 bridgehead atoms. The molecule has 1 aromatic heterocycles. The first-order chi connectivity index (χ1) is 12.7. The minimum absolute atomic E-state index is 0.0451. The number of aromatic amines is 1. The summed E-state index contributed by atoms with van der Waals surface area (Å²) in [5, 5.41) is 0. The van der Waals surface area contributed by atoms with Gasteiger partial charge in [0.05, 0.1) is 31.4 Å². The highest BCUT2D eigenvalue weighted by Gasteiger charge is 2.31. The number of aryl methyl sites for hydroxylation is 1. The van der Waals surface area contributed by atoms with Crippen molar-refractivity contribution >= 4 is 5.91 Å². The van der Waals surface area contributed by atoms with Gasteiger partial charge in [0.2, 0.25) is 0 Å². The molecule has 0 saturated heterocycles. The average Bonchev–Trinajstić information content (AvgIpc) is 3.16. The molecule has 2 heterocycles. The molecule has 1 unspecified atom stereocenters. The molecule has 0 spiro atoms. The Hall–Kier alpha value is -3.08. The molecule has 1 atom stereocenters. The van der Waals surface area contributed by atoms with Gasteiger partial charge in [0.1, 0.15) is 5.75 Å². The molecule has 0 radical (unpaired) electrons. The Bertz CT molecular complexity index is 913. The van der Waals surface area contributed by atoms with Gasteiger partial charge in [-0.2, -0.15) is 0 Å². The van der Waals surface area contributed by atoms with Gasteiger partial charge in [0, 0.05) is 18.0 Å². The van der Waals surface area contributed by atoms with Crippen LogP contribution in [0.1, 0.15) is 38.8 Å². The molecule has 5 nitrogen and oxygen atoms in total. The van der Waals surface area contributed by atoms with Crippen molar-refractivity contribution < 1.29 is 9.53 Å². The largest absolute Gasteiger partial charge is 0.497 e. The molecule has 3 aromatic rings. The van der Waals surface area contributed by atoms with E-state index in [-0.39, 0.29) is 11.8 Å². The molecule has 132 valence electrons. The minimum atomic E-state index is 0.0451. The predicted molar refractivity (Wildman–Crippen MR) is 99.3 cm³/mol. The number of ether oxygens (including phenoxy) is 1. The molecule has 1 aliphatic rings. The normalized spacial score (nSPS) is 16.2. The topological polar surface area (TPSA) is 58.2 Å². The lowest BCUT2D eigenvalue weighted by Crippen LogP contribution is -2.38. The van der Waals surface area contributed by atoms with Gasteiger partial charge in [0.25, 0.3) is 5.91 Å². The zero-order valence-corrected chi connectivity index (χ0v) is 14.9. The Morgan fingerprint density at radius 3 is 2.58 bits per heavy atom. The van der Waals surface area contributed by atoms with Crippen LogP contribution in [0.5, 0.6) is 5.75 Å². The zero-order chi connectivity index (χ0) is 18.1. The van der Waals surface area contributed by atoms with Crippen LogP contribution in [0.4, 0.5) is 0 Å². The summed E-state index contributed by atoms with van der Waals surface area (Å²) in [6, 6.07) is 15.7. The first-order valence-corrected chi connectivity index (χ1v) is 8.67. The summed E-state index contributed by atoms with van der Waals surface area (Å²) in [6.45, 7) is 3.18. The van der Waals surface area contributed by atoms with E-state index in [1.165, 1.54) is 0 Å². The summed E-state index contributed by atoms with van der Waals surface area (Å²) in [5.74, 6) is 0.911. The van der Waals surface area contributed by atoms with Crippen LogP contribution in [0.15, 0.2) is 54.9 Å². The Balaban J connectivity index is 1.65. The Morgan fingerprint density at radius 2 is 1.88 bits per heavy atom. The number of carbonyl (C=O) groups excluding carboxylic acids is 1. The van der Waals surface area contributed by atoms with Gasteiger partial charge in [-0.3, -0.25) is 4.79 Å². The molecule has 5 heteroatoms. The molecule has 4 rings (SSSR count). The molecule has 2 aromatic carbocycles. The highest BCUT2D eigenvalue weighted by atomic mass is 16.5. The second-order valence-electron chi connectivity index (χ2n) is 6.64. The summed E-state index contributed by atoms with van der Waals surface area (Å²) in [6.07, 6.45) is 1.71. The molecule has 0 aliphatic carbocycles. The maximum Gasteiger partial charge on any atom is 0.254 e. The molecule has 26 heavy (non-hydrogen) atoms. The van der Waals surface area contributed by atoms with E-state index in [0.29, 0.717) is 18.7 Å². The third kappa shape index (κ3) is 2.96. The van der Waals surface area contributed by atoms with Crippen LogP contribution in [-0.2, 0) is 6.54 Å². The van der Waals surface area contributed by atoms with Crippen LogP contribution < -0.4 is 4.74 Å². The molecular formula is C21H21N3O2. The van der Waals surface area contributed by atoms with Crippen molar-refractivity contribution in [3.05, 3.63) is 82.9 Å². The lowest BCUT2D eigenvalue weighted by Gasteiger charge is -2.32. The highest BCUT2D eigenvalue weighted by Crippen LogP contribution is 2.33. The fourth-order valence-electron chi connectivity index (χ4n) is 3.45. The highest BCUT2D eigenvalue weighted by molar-refractivity contribution is 5.94. The van der Waals surface area contributed by atoms with Crippen molar-refractivity contribution in [1.29, 1.82) is 0 Å². The van der Waals surface area contributed by atoms with E-state index >= 15 is 0 Å². The van der Waals surface area contributed by atoms with Gasteiger partial charge in [-0.05, 0) is 36.8 Å². The lowest BCUT2D eigenvalue weighted by atomic mass is 9.90. The third-order valence-electron chi connectivity index (χ3n) is 4.94. The minimum Gasteiger partial charge on any atom is -0.497 e. The molecule has 1 N–H and O–H groups in total. The summed E-state index contributed by atoms with van der Waals surface area (Å²) in [7, 11) is 1.66. The number of benzene rings is 2. The van der Waals surface area contributed by atoms with Crippen LogP contribution in [0.3, 0.4) is 0 Å². The van der Waals surface area contributed by atoms with Crippen LogP contribution in [0.25, 0.3) is 0 Å². The number of methoxy groups -OCH3 is 1. The molecule has 1 amide bonds. The molecule has 0 fully saturated rings. The summed E-state index contributed by atoms with van der Waals surface area (Å²) in [4.78, 5) is 22.6. The van der Waals surface area contributed by atoms with Gasteiger partial charge < -0.3 is 14.6 Å². The molecular weight excluding hydrogens is 326 g/mol. The smallest absolute Gasteiger partial charge is 0.254 e. The standard InChI is InChI=1S/C21H21N3O2/c1-14-3-5-16(6-4-14)21(25)24-11-18(20-19(12-24)22-13-23-20)15-7-9-17(26-2)10-8-15/h3-10,13,18H,11-12H2,1-2H3,(H,22,23). The van der Waals surface area contributed by atoms with Gasteiger partial charge >= 0.3 is 0 Å².